The number of nitrogens with one attached hydrogen (secondary N) is 1. The van der Waals surface area contributed by atoms with Gasteiger partial charge in [-0.2, -0.15) is 4.94 Å². The molecule has 0 aromatic carbocycles. The highest BCUT2D eigenvalue weighted by molar-refractivity contribution is 4.30. The van der Waals surface area contributed by atoms with E-state index in [0.717, 1.165) is 0 Å². The Morgan fingerprint density at radius 2 is 2.67 bits per heavy atom. The molecule has 1 saturated heterocycles. The molecule has 1 atom stereocenters. The van der Waals surface area contributed by atoms with Crippen molar-refractivity contribution in [2.45, 2.75) is 13.2 Å². The molecular weight excluding hydrogens is 84.0 g/mol. The van der Waals surface area contributed by atoms with E-state index in [-0.39, 0.29) is 6.23 Å². The van der Waals surface area contributed by atoms with E-state index in [0.29, 0.717) is 0 Å². The second-order valence-corrected chi connectivity index (χ2v) is 1.03. The third-order valence-corrected chi connectivity index (χ3v) is 0.457. The largest absolute Gasteiger partial charge is 0.234 e. The summed E-state index contributed by atoms with van der Waals surface area (Å²) in [5, 5.41) is 0. The lowest BCUT2D eigenvalue weighted by atomic mass is 10.7. The molecule has 35 valence electrons. The van der Waals surface area contributed by atoms with E-state index >= 15 is 0 Å². The van der Waals surface area contributed by atoms with Crippen molar-refractivity contribution in [3.05, 3.63) is 0 Å². The molecule has 1 heterocycles. The number of rotatable bonds is 0. The molecule has 1 radical (unpaired) electrons. The van der Waals surface area contributed by atoms with Gasteiger partial charge in [-0.25, -0.2) is 4.84 Å². The molecule has 1 aliphatic rings. The van der Waals surface area contributed by atoms with Gasteiger partial charge in [-0.1, -0.05) is 0 Å². The van der Waals surface area contributed by atoms with Crippen molar-refractivity contribution >= 4 is 0 Å². The number of hydrogen-bond acceptors (Lipinski definition) is 3. The van der Waals surface area contributed by atoms with Crippen LogP contribution in [0.15, 0.2) is 0 Å². The molecule has 0 aromatic rings. The van der Waals surface area contributed by atoms with Crippen LogP contribution < -0.4 is 11.1 Å². The van der Waals surface area contributed by atoms with Crippen LogP contribution in [-0.4, -0.2) is 6.23 Å². The van der Waals surface area contributed by atoms with Crippen molar-refractivity contribution in [1.29, 1.82) is 0 Å². The maximum absolute atomic E-state index is 4.44. The van der Waals surface area contributed by atoms with Gasteiger partial charge in [0.25, 0.3) is 0 Å². The van der Waals surface area contributed by atoms with Gasteiger partial charge in [0.1, 0.15) is 0 Å². The molecule has 1 unspecified atom stereocenters. The fourth-order valence-electron chi connectivity index (χ4n) is 0.203. The summed E-state index contributed by atoms with van der Waals surface area (Å²) in [4.78, 5) is 8.65. The lowest BCUT2D eigenvalue weighted by molar-refractivity contribution is -0.105. The Bertz CT molecular complexity index is 42.8. The van der Waals surface area contributed by atoms with E-state index in [4.69, 9.17) is 0 Å². The Kier molecular flexibility index (Phi) is 1.02. The molecule has 1 aliphatic heterocycles. The van der Waals surface area contributed by atoms with Crippen molar-refractivity contribution in [1.82, 2.24) is 11.1 Å². The van der Waals surface area contributed by atoms with Gasteiger partial charge in [-0.3, -0.25) is 0 Å². The SMILES string of the molecule is CC1NO[N]O1. The average molecular weight is 89.1 g/mol. The minimum Gasteiger partial charge on any atom is -0.234 e. The molecule has 1 fully saturated rings. The maximum Gasteiger partial charge on any atom is 0.155 e. The highest BCUT2D eigenvalue weighted by Gasteiger charge is 2.09. The zero-order chi connectivity index (χ0) is 4.41. The molecule has 0 bridgehead atoms. The lowest BCUT2D eigenvalue weighted by Gasteiger charge is -1.88. The highest BCUT2D eigenvalue weighted by Crippen LogP contribution is 1.87. The molecule has 4 nitrogen and oxygen atoms in total. The highest BCUT2D eigenvalue weighted by atomic mass is 17.0. The average Bonchev–Trinajstić information content (AvgIpc) is 1.86. The zero-order valence-electron chi connectivity index (χ0n) is 3.34. The standard InChI is InChI=1S/C2H5N2O2/c1-2-3-6-4-5-2/h2-3H,1H3. The third-order valence-electron chi connectivity index (χ3n) is 0.457. The second kappa shape index (κ2) is 1.53. The summed E-state index contributed by atoms with van der Waals surface area (Å²) in [6.07, 6.45) is -0.0926. The van der Waals surface area contributed by atoms with E-state index < -0.39 is 0 Å². The van der Waals surface area contributed by atoms with Gasteiger partial charge in [-0.05, 0) is 6.92 Å². The van der Waals surface area contributed by atoms with E-state index in [1.807, 2.05) is 0 Å². The Morgan fingerprint density at radius 3 is 2.83 bits per heavy atom. The topological polar surface area (TPSA) is 44.6 Å². The monoisotopic (exact) mass is 89.0 g/mol. The van der Waals surface area contributed by atoms with Gasteiger partial charge in [0.2, 0.25) is 0 Å². The molecule has 1 rings (SSSR count). The van der Waals surface area contributed by atoms with Crippen LogP contribution in [0.4, 0.5) is 0 Å². The maximum atomic E-state index is 4.44. The first kappa shape index (κ1) is 4.01. The predicted molar refractivity (Wildman–Crippen MR) is 16.9 cm³/mol. The van der Waals surface area contributed by atoms with Gasteiger partial charge in [0.15, 0.2) is 6.23 Å². The molecular formula is C2H5N2O2. The normalized spacial score (nSPS) is 34.5. The van der Waals surface area contributed by atoms with Gasteiger partial charge in [-0.15, -0.1) is 5.48 Å². The summed E-state index contributed by atoms with van der Waals surface area (Å²) in [6.45, 7) is 1.79. The lowest BCUT2D eigenvalue weighted by Crippen LogP contribution is -2.15. The van der Waals surface area contributed by atoms with E-state index in [1.54, 1.807) is 6.92 Å². The Balaban J connectivity index is 2.18. The molecule has 0 amide bonds. The smallest absolute Gasteiger partial charge is 0.155 e. The zero-order valence-corrected chi connectivity index (χ0v) is 3.34. The van der Waals surface area contributed by atoms with Crippen molar-refractivity contribution in [2.24, 2.45) is 0 Å². The Morgan fingerprint density at radius 1 is 1.83 bits per heavy atom. The van der Waals surface area contributed by atoms with Crippen LogP contribution in [0.3, 0.4) is 0 Å². The van der Waals surface area contributed by atoms with Gasteiger partial charge in [0.05, 0.1) is 5.64 Å². The Hall–Kier alpha value is -0.160. The van der Waals surface area contributed by atoms with Crippen LogP contribution in [0.5, 0.6) is 0 Å². The number of nitrogens with zero attached hydrogens (tertiary/aromatic N) is 1. The quantitative estimate of drug-likeness (QED) is 0.427. The summed E-state index contributed by atoms with van der Waals surface area (Å²) in [5.74, 6) is 0. The van der Waals surface area contributed by atoms with Crippen molar-refractivity contribution < 1.29 is 9.78 Å². The summed E-state index contributed by atoms with van der Waals surface area (Å²) < 4.78 is 0. The molecule has 0 spiro atoms. The molecule has 4 heteroatoms. The molecule has 0 aliphatic carbocycles. The molecule has 0 saturated carbocycles. The van der Waals surface area contributed by atoms with E-state index in [1.165, 1.54) is 0 Å². The van der Waals surface area contributed by atoms with E-state index in [9.17, 15) is 0 Å². The van der Waals surface area contributed by atoms with Crippen molar-refractivity contribution in [3.8, 4) is 0 Å². The number of hydrogen-bond donors (Lipinski definition) is 1. The van der Waals surface area contributed by atoms with Gasteiger partial charge < -0.3 is 0 Å². The summed E-state index contributed by atoms with van der Waals surface area (Å²) in [5.41, 5.74) is 5.48. The Labute approximate surface area is 35.3 Å². The summed E-state index contributed by atoms with van der Waals surface area (Å²) >= 11 is 0. The van der Waals surface area contributed by atoms with Crippen LogP contribution >= 0.6 is 0 Å². The van der Waals surface area contributed by atoms with Crippen LogP contribution in [0.1, 0.15) is 6.92 Å². The van der Waals surface area contributed by atoms with Crippen molar-refractivity contribution in [2.75, 3.05) is 0 Å². The third kappa shape index (κ3) is 0.662. The van der Waals surface area contributed by atoms with Crippen LogP contribution in [0.25, 0.3) is 0 Å². The fraction of sp³-hybridized carbons (Fsp3) is 1.00. The minimum atomic E-state index is -0.0926. The first-order valence-corrected chi connectivity index (χ1v) is 1.67. The molecule has 0 aromatic heterocycles. The second-order valence-electron chi connectivity index (χ2n) is 1.03. The van der Waals surface area contributed by atoms with E-state index in [2.05, 4.69) is 20.9 Å². The summed E-state index contributed by atoms with van der Waals surface area (Å²) in [6, 6.07) is 0. The molecule has 1 N–H and O–H groups in total. The van der Waals surface area contributed by atoms with Crippen LogP contribution in [-0.2, 0) is 9.78 Å². The van der Waals surface area contributed by atoms with Gasteiger partial charge >= 0.3 is 0 Å². The van der Waals surface area contributed by atoms with Crippen molar-refractivity contribution in [3.63, 3.8) is 0 Å². The first-order valence-electron chi connectivity index (χ1n) is 1.67. The number of hydroxylamine groups is 1. The minimum absolute atomic E-state index is 0.0926. The summed E-state index contributed by atoms with van der Waals surface area (Å²) in [7, 11) is 0. The fourth-order valence-corrected chi connectivity index (χ4v) is 0.203. The van der Waals surface area contributed by atoms with Crippen LogP contribution in [0, 0.1) is 0 Å². The van der Waals surface area contributed by atoms with Crippen LogP contribution in [0.2, 0.25) is 0 Å². The predicted octanol–water partition coefficient (Wildman–Crippen LogP) is -0.682. The van der Waals surface area contributed by atoms with Gasteiger partial charge in [0, 0.05) is 0 Å². The molecule has 6 heavy (non-hydrogen) atoms. The first-order chi connectivity index (χ1) is 2.89.